The first-order chi connectivity index (χ1) is 12.6. The van der Waals surface area contributed by atoms with Crippen LogP contribution in [0.15, 0.2) is 18.5 Å². The van der Waals surface area contributed by atoms with Gasteiger partial charge in [-0.05, 0) is 62.3 Å². The van der Waals surface area contributed by atoms with Gasteiger partial charge in [0.25, 0.3) is 0 Å². The second kappa shape index (κ2) is 6.36. The van der Waals surface area contributed by atoms with Gasteiger partial charge in [0.2, 0.25) is 5.91 Å². The summed E-state index contributed by atoms with van der Waals surface area (Å²) in [7, 11) is 0. The topological polar surface area (TPSA) is 41.4 Å². The standard InChI is InChI=1S/C21H32N4O/c1-16(15-25-4-2-3-22-25)20(26)23-5-7-24(8-6-23)21-12-17-9-18(13-21)11-19(10-17)14-21/h2-4,16-19H,5-15H2,1H3. The maximum atomic E-state index is 12.8. The average Bonchev–Trinajstić information content (AvgIpc) is 3.13. The number of carbonyl (C=O) groups is 1. The molecule has 1 atom stereocenters. The van der Waals surface area contributed by atoms with E-state index in [9.17, 15) is 4.79 Å². The highest BCUT2D eigenvalue weighted by Crippen LogP contribution is 2.57. The maximum Gasteiger partial charge on any atom is 0.227 e. The Kier molecular flexibility index (Phi) is 4.11. The van der Waals surface area contributed by atoms with Crippen LogP contribution in [0.1, 0.15) is 45.4 Å². The van der Waals surface area contributed by atoms with Crippen LogP contribution in [0.2, 0.25) is 0 Å². The Balaban J connectivity index is 1.19. The minimum Gasteiger partial charge on any atom is -0.340 e. The van der Waals surface area contributed by atoms with E-state index in [2.05, 4.69) is 14.9 Å². The molecular weight excluding hydrogens is 324 g/mol. The highest BCUT2D eigenvalue weighted by atomic mass is 16.2. The molecule has 5 fully saturated rings. The van der Waals surface area contributed by atoms with Gasteiger partial charge in [-0.25, -0.2) is 0 Å². The van der Waals surface area contributed by atoms with Gasteiger partial charge >= 0.3 is 0 Å². The van der Waals surface area contributed by atoms with Crippen molar-refractivity contribution in [3.8, 4) is 0 Å². The third kappa shape index (κ3) is 2.88. The molecular formula is C21H32N4O. The maximum absolute atomic E-state index is 12.8. The number of piperazine rings is 1. The fraction of sp³-hybridized carbons (Fsp3) is 0.810. The molecule has 1 unspecified atom stereocenters. The van der Waals surface area contributed by atoms with Gasteiger partial charge in [-0.3, -0.25) is 14.4 Å². The van der Waals surface area contributed by atoms with Crippen molar-refractivity contribution in [2.45, 2.75) is 57.5 Å². The average molecular weight is 357 g/mol. The van der Waals surface area contributed by atoms with Crippen LogP contribution in [-0.2, 0) is 11.3 Å². The van der Waals surface area contributed by atoms with Crippen molar-refractivity contribution in [2.24, 2.45) is 23.7 Å². The second-order valence-corrected chi connectivity index (χ2v) is 9.58. The predicted octanol–water partition coefficient (Wildman–Crippen LogP) is 2.63. The van der Waals surface area contributed by atoms with Crippen LogP contribution in [-0.4, -0.2) is 57.2 Å². The molecule has 4 aliphatic carbocycles. The summed E-state index contributed by atoms with van der Waals surface area (Å²) in [4.78, 5) is 17.7. The van der Waals surface area contributed by atoms with Crippen molar-refractivity contribution in [3.63, 3.8) is 0 Å². The molecule has 1 aromatic rings. The highest BCUT2D eigenvalue weighted by molar-refractivity contribution is 5.78. The Morgan fingerprint density at radius 1 is 1.08 bits per heavy atom. The normalized spacial score (nSPS) is 37.9. The third-order valence-corrected chi connectivity index (χ3v) is 7.71. The summed E-state index contributed by atoms with van der Waals surface area (Å²) >= 11 is 0. The molecule has 0 aromatic carbocycles. The largest absolute Gasteiger partial charge is 0.340 e. The molecule has 1 amide bonds. The zero-order valence-electron chi connectivity index (χ0n) is 16.0. The summed E-state index contributed by atoms with van der Waals surface area (Å²) in [6.07, 6.45) is 12.5. The number of aromatic nitrogens is 2. The number of hydrogen-bond acceptors (Lipinski definition) is 3. The smallest absolute Gasteiger partial charge is 0.227 e. The van der Waals surface area contributed by atoms with E-state index in [0.717, 1.165) is 43.9 Å². The summed E-state index contributed by atoms with van der Waals surface area (Å²) in [6, 6.07) is 1.92. The zero-order chi connectivity index (χ0) is 17.7. The number of rotatable bonds is 4. The highest BCUT2D eigenvalue weighted by Gasteiger charge is 2.53. The van der Waals surface area contributed by atoms with E-state index in [1.807, 2.05) is 23.9 Å². The van der Waals surface area contributed by atoms with Crippen LogP contribution >= 0.6 is 0 Å². The third-order valence-electron chi connectivity index (χ3n) is 7.71. The van der Waals surface area contributed by atoms with Gasteiger partial charge in [-0.15, -0.1) is 0 Å². The number of carbonyl (C=O) groups excluding carboxylic acids is 1. The predicted molar refractivity (Wildman–Crippen MR) is 100 cm³/mol. The first-order valence-corrected chi connectivity index (χ1v) is 10.6. The molecule has 1 aromatic heterocycles. The number of amides is 1. The Labute approximate surface area is 156 Å². The van der Waals surface area contributed by atoms with E-state index in [4.69, 9.17) is 0 Å². The Morgan fingerprint density at radius 3 is 2.23 bits per heavy atom. The second-order valence-electron chi connectivity index (χ2n) is 9.58. The molecule has 5 heteroatoms. The quantitative estimate of drug-likeness (QED) is 0.833. The number of nitrogens with zero attached hydrogens (tertiary/aromatic N) is 4. The molecule has 0 N–H and O–H groups in total. The van der Waals surface area contributed by atoms with E-state index in [1.54, 1.807) is 6.20 Å². The van der Waals surface area contributed by atoms with E-state index in [-0.39, 0.29) is 5.92 Å². The lowest BCUT2D eigenvalue weighted by Crippen LogP contribution is -2.64. The van der Waals surface area contributed by atoms with Gasteiger partial charge < -0.3 is 4.90 Å². The van der Waals surface area contributed by atoms with Crippen molar-refractivity contribution in [1.82, 2.24) is 19.6 Å². The molecule has 1 saturated heterocycles. The first-order valence-electron chi connectivity index (χ1n) is 10.6. The van der Waals surface area contributed by atoms with Crippen molar-refractivity contribution in [2.75, 3.05) is 26.2 Å². The molecule has 0 radical (unpaired) electrons. The SMILES string of the molecule is CC(Cn1cccn1)C(=O)N1CCN(C23CC4CC(CC(C4)C2)C3)CC1. The van der Waals surface area contributed by atoms with Gasteiger partial charge in [0.1, 0.15) is 0 Å². The Morgan fingerprint density at radius 2 is 1.69 bits per heavy atom. The van der Waals surface area contributed by atoms with Crippen LogP contribution < -0.4 is 0 Å². The minimum atomic E-state index is 0.000925. The molecule has 4 saturated carbocycles. The van der Waals surface area contributed by atoms with Gasteiger partial charge in [0.05, 0.1) is 12.5 Å². The fourth-order valence-electron chi connectivity index (χ4n) is 6.93. The Bertz CT molecular complexity index is 612. The van der Waals surface area contributed by atoms with E-state index in [1.165, 1.54) is 38.5 Å². The van der Waals surface area contributed by atoms with E-state index in [0.29, 0.717) is 18.0 Å². The summed E-state index contributed by atoms with van der Waals surface area (Å²) in [6.45, 7) is 6.68. The van der Waals surface area contributed by atoms with Crippen molar-refractivity contribution < 1.29 is 4.79 Å². The van der Waals surface area contributed by atoms with Gasteiger partial charge in [-0.1, -0.05) is 6.92 Å². The molecule has 142 valence electrons. The molecule has 5 nitrogen and oxygen atoms in total. The molecule has 0 spiro atoms. The van der Waals surface area contributed by atoms with Gasteiger partial charge in [0.15, 0.2) is 0 Å². The summed E-state index contributed by atoms with van der Waals surface area (Å²) in [5.41, 5.74) is 0.491. The molecule has 5 aliphatic rings. The van der Waals surface area contributed by atoms with Crippen LogP contribution in [0.5, 0.6) is 0 Å². The lowest BCUT2D eigenvalue weighted by atomic mass is 9.52. The first kappa shape index (κ1) is 16.8. The van der Waals surface area contributed by atoms with Crippen LogP contribution in [0.25, 0.3) is 0 Å². The summed E-state index contributed by atoms with van der Waals surface area (Å²) in [5.74, 6) is 3.28. The molecule has 1 aliphatic heterocycles. The lowest BCUT2D eigenvalue weighted by Gasteiger charge is -2.61. The molecule has 26 heavy (non-hydrogen) atoms. The van der Waals surface area contributed by atoms with Crippen LogP contribution in [0.3, 0.4) is 0 Å². The van der Waals surface area contributed by atoms with E-state index >= 15 is 0 Å². The summed E-state index contributed by atoms with van der Waals surface area (Å²) < 4.78 is 1.87. The van der Waals surface area contributed by atoms with E-state index < -0.39 is 0 Å². The zero-order valence-corrected chi connectivity index (χ0v) is 16.0. The molecule has 2 heterocycles. The van der Waals surface area contributed by atoms with Crippen molar-refractivity contribution in [3.05, 3.63) is 18.5 Å². The van der Waals surface area contributed by atoms with Gasteiger partial charge in [0, 0.05) is 44.1 Å². The Hall–Kier alpha value is -1.36. The van der Waals surface area contributed by atoms with Crippen molar-refractivity contribution in [1.29, 1.82) is 0 Å². The monoisotopic (exact) mass is 356 g/mol. The summed E-state index contributed by atoms with van der Waals surface area (Å²) in [5, 5.41) is 4.24. The minimum absolute atomic E-state index is 0.000925. The van der Waals surface area contributed by atoms with Crippen LogP contribution in [0, 0.1) is 23.7 Å². The molecule has 4 bridgehead atoms. The van der Waals surface area contributed by atoms with Crippen molar-refractivity contribution >= 4 is 5.91 Å². The van der Waals surface area contributed by atoms with Gasteiger partial charge in [-0.2, -0.15) is 5.10 Å². The number of hydrogen-bond donors (Lipinski definition) is 0. The van der Waals surface area contributed by atoms with Crippen LogP contribution in [0.4, 0.5) is 0 Å². The molecule has 6 rings (SSSR count). The lowest BCUT2D eigenvalue weighted by molar-refractivity contribution is -0.142. The fourth-order valence-corrected chi connectivity index (χ4v) is 6.93.